The number of H-pyrrole nitrogens is 1. The van der Waals surface area contributed by atoms with Crippen LogP contribution in [-0.2, 0) is 4.79 Å². The first-order valence-electron chi connectivity index (χ1n) is 17.4. The molecule has 1 unspecified atom stereocenters. The van der Waals surface area contributed by atoms with Crippen molar-refractivity contribution in [2.45, 2.75) is 57.8 Å². The summed E-state index contributed by atoms with van der Waals surface area (Å²) < 4.78 is 5.34. The third-order valence-electron chi connectivity index (χ3n) is 9.14. The molecule has 2 radical (unpaired) electrons. The molecule has 3 N–H and O–H groups in total. The number of fused-ring (bicyclic) bond motifs is 1. The number of allylic oxidation sites excluding steroid dienone is 2. The highest BCUT2D eigenvalue weighted by atomic mass is 16.5. The molecular formula is C42H55N3O3. The summed E-state index contributed by atoms with van der Waals surface area (Å²) in [6.07, 6.45) is 16.0. The standard InChI is InChI=1S/C30H32NO.C11H16N2O.CH4O.H2.H/c1-2-24-18-19-28(24)30(32)11-9-7-5-3-4-6-8-10-23-12-14-25(15-13-23)27-17-16-26-20-21-31-29(26)22-27;1-14-11-5-3-2-4-10(11)13-8-6-12-7-9-13;1-2;;/h1,8,10,12-17,20-22,28,31H,3-7,9,11,18-19H2;2-5,12H,6-9H2,1H3;2H,1H3;1H;. The lowest BCUT2D eigenvalue weighted by Gasteiger charge is -2.30. The average Bonchev–Trinajstić information content (AvgIpc) is 3.61. The maximum absolute atomic E-state index is 12.1. The van der Waals surface area contributed by atoms with Crippen molar-refractivity contribution in [1.82, 2.24) is 10.3 Å². The minimum absolute atomic E-state index is 0. The fourth-order valence-corrected chi connectivity index (χ4v) is 6.26. The van der Waals surface area contributed by atoms with Crippen LogP contribution in [0.4, 0.5) is 5.69 Å². The second kappa shape index (κ2) is 20.1. The second-order valence-corrected chi connectivity index (χ2v) is 12.2. The van der Waals surface area contributed by atoms with E-state index in [9.17, 15) is 4.79 Å². The summed E-state index contributed by atoms with van der Waals surface area (Å²) in [5.74, 6) is 1.42. The monoisotopic (exact) mass is 649 g/mol. The van der Waals surface area contributed by atoms with Gasteiger partial charge in [-0.25, -0.2) is 0 Å². The van der Waals surface area contributed by atoms with Gasteiger partial charge in [-0.15, -0.1) is 5.73 Å². The molecule has 2 fully saturated rings. The van der Waals surface area contributed by atoms with E-state index in [2.05, 4.69) is 93.7 Å². The van der Waals surface area contributed by atoms with Crippen molar-refractivity contribution >= 4 is 28.4 Å². The first-order valence-corrected chi connectivity index (χ1v) is 17.4. The number of hydrogen-bond donors (Lipinski definition) is 3. The van der Waals surface area contributed by atoms with Crippen LogP contribution in [0.3, 0.4) is 0 Å². The zero-order valence-electron chi connectivity index (χ0n) is 29.7. The molecule has 1 aliphatic heterocycles. The van der Waals surface area contributed by atoms with E-state index in [4.69, 9.17) is 16.4 Å². The Labute approximate surface area is 290 Å². The molecule has 6 nitrogen and oxygen atoms in total. The number of unbranched alkanes of at least 4 members (excludes halogenated alkanes) is 5. The lowest BCUT2D eigenvalue weighted by molar-refractivity contribution is -0.123. The number of para-hydroxylation sites is 2. The Morgan fingerprint density at radius 1 is 1.00 bits per heavy atom. The quantitative estimate of drug-likeness (QED) is 0.0995. The highest BCUT2D eigenvalue weighted by Crippen LogP contribution is 2.34. The number of hydrogen-bond acceptors (Lipinski definition) is 5. The van der Waals surface area contributed by atoms with E-state index < -0.39 is 0 Å². The molecule has 0 amide bonds. The molecule has 2 heterocycles. The van der Waals surface area contributed by atoms with E-state index in [-0.39, 0.29) is 8.77 Å². The van der Waals surface area contributed by atoms with E-state index in [0.717, 1.165) is 76.7 Å². The summed E-state index contributed by atoms with van der Waals surface area (Å²) in [5, 5.41) is 11.6. The van der Waals surface area contributed by atoms with Crippen LogP contribution < -0.4 is 15.0 Å². The van der Waals surface area contributed by atoms with Crippen LogP contribution in [0.15, 0.2) is 96.4 Å². The predicted octanol–water partition coefficient (Wildman–Crippen LogP) is 9.14. The molecule has 2 aliphatic rings. The number of carbonyl (C=O) groups excluding carboxylic acids is 1. The molecule has 1 saturated heterocycles. The molecule has 3 aromatic carbocycles. The number of aromatic amines is 1. The summed E-state index contributed by atoms with van der Waals surface area (Å²) in [6, 6.07) is 25.6. The third-order valence-corrected chi connectivity index (χ3v) is 9.14. The molecule has 1 atom stereocenters. The Kier molecular flexibility index (Phi) is 15.3. The Morgan fingerprint density at radius 3 is 2.46 bits per heavy atom. The number of piperazine rings is 1. The van der Waals surface area contributed by atoms with E-state index in [1.54, 1.807) is 7.11 Å². The molecule has 4 aromatic rings. The summed E-state index contributed by atoms with van der Waals surface area (Å²) in [7, 11) is 2.72. The van der Waals surface area contributed by atoms with Crippen molar-refractivity contribution in [1.29, 1.82) is 0 Å². The van der Waals surface area contributed by atoms with Crippen LogP contribution in [-0.4, -0.2) is 56.3 Å². The smallest absolute Gasteiger partial charge is 0.142 e. The van der Waals surface area contributed by atoms with Gasteiger partial charge in [-0.05, 0) is 90.6 Å². The summed E-state index contributed by atoms with van der Waals surface area (Å²) in [6.45, 7) is 9.65. The second-order valence-electron chi connectivity index (χ2n) is 12.2. The lowest BCUT2D eigenvalue weighted by Crippen LogP contribution is -2.43. The molecular weight excluding hydrogens is 594 g/mol. The number of nitrogens with one attached hydrogen (secondary N) is 2. The van der Waals surface area contributed by atoms with Gasteiger partial charge in [0.25, 0.3) is 0 Å². The van der Waals surface area contributed by atoms with E-state index in [1.807, 2.05) is 18.3 Å². The number of methoxy groups -OCH3 is 1. The molecule has 0 bridgehead atoms. The van der Waals surface area contributed by atoms with Gasteiger partial charge in [-0.2, -0.15) is 0 Å². The number of benzene rings is 3. The van der Waals surface area contributed by atoms with Crippen LogP contribution in [0.5, 0.6) is 5.75 Å². The third kappa shape index (κ3) is 10.6. The van der Waals surface area contributed by atoms with Crippen molar-refractivity contribution in [2.75, 3.05) is 45.3 Å². The van der Waals surface area contributed by atoms with Crippen molar-refractivity contribution in [3.63, 3.8) is 0 Å². The van der Waals surface area contributed by atoms with Gasteiger partial charge >= 0.3 is 0 Å². The Morgan fingerprint density at radius 2 is 1.73 bits per heavy atom. The number of ketones is 1. The normalized spacial score (nSPS) is 15.5. The van der Waals surface area contributed by atoms with Gasteiger partial charge in [0.05, 0.1) is 12.8 Å². The molecule has 1 aliphatic carbocycles. The van der Waals surface area contributed by atoms with Gasteiger partial charge < -0.3 is 25.0 Å². The molecule has 48 heavy (non-hydrogen) atoms. The van der Waals surface area contributed by atoms with E-state index in [1.165, 1.54) is 52.5 Å². The van der Waals surface area contributed by atoms with Gasteiger partial charge in [0.1, 0.15) is 11.5 Å². The number of carbonyl (C=O) groups is 1. The van der Waals surface area contributed by atoms with E-state index in [0.29, 0.717) is 12.2 Å². The number of aliphatic hydroxyl groups is 1. The minimum atomic E-state index is 0. The highest BCUT2D eigenvalue weighted by molar-refractivity contribution is 5.85. The summed E-state index contributed by atoms with van der Waals surface area (Å²) in [5.41, 5.74) is 9.80. The Bertz CT molecular complexity index is 1640. The number of aromatic nitrogens is 1. The average molecular weight is 650 g/mol. The number of nitrogens with zero attached hydrogens (tertiary/aromatic N) is 1. The first-order chi connectivity index (χ1) is 23.7. The number of ether oxygens (including phenoxy) is 1. The van der Waals surface area contributed by atoms with Crippen LogP contribution in [0.25, 0.3) is 28.1 Å². The highest BCUT2D eigenvalue weighted by Gasteiger charge is 2.29. The minimum Gasteiger partial charge on any atom is -0.495 e. The number of aliphatic hydroxyl groups excluding tert-OH is 1. The van der Waals surface area contributed by atoms with Crippen molar-refractivity contribution < 1.29 is 17.5 Å². The SMILES string of the molecule is CO.COc1ccccc1N1CCNCC1.[CH]=C=C1CCC1C(=O)CCCCCCCC=Cc1ccc(-c2ccc3cc[nH]c3c2)cc1.[HH].[H]. The van der Waals surface area contributed by atoms with Crippen molar-refractivity contribution in [2.24, 2.45) is 5.92 Å². The summed E-state index contributed by atoms with van der Waals surface area (Å²) >= 11 is 0. The zero-order chi connectivity index (χ0) is 34.0. The number of Topliss-reactive ketones (excluding diaryl/α,β-unsaturated/α-hetero) is 1. The van der Waals surface area contributed by atoms with Gasteiger partial charge in [0.2, 0.25) is 0 Å². The van der Waals surface area contributed by atoms with Gasteiger partial charge in [-0.3, -0.25) is 4.79 Å². The topological polar surface area (TPSA) is 77.6 Å². The van der Waals surface area contributed by atoms with Gasteiger partial charge in [0, 0.05) is 60.2 Å². The van der Waals surface area contributed by atoms with E-state index >= 15 is 0 Å². The number of anilines is 1. The maximum atomic E-state index is 12.1. The van der Waals surface area contributed by atoms with Crippen molar-refractivity contribution in [3.8, 4) is 16.9 Å². The molecule has 0 spiro atoms. The Hall–Kier alpha value is -4.35. The van der Waals surface area contributed by atoms with Crippen LogP contribution in [0, 0.1) is 12.5 Å². The van der Waals surface area contributed by atoms with Crippen LogP contribution in [0.1, 0.15) is 66.2 Å². The van der Waals surface area contributed by atoms with Crippen LogP contribution >= 0.6 is 0 Å². The van der Waals surface area contributed by atoms with Crippen LogP contribution in [0.2, 0.25) is 0 Å². The maximum Gasteiger partial charge on any atom is 0.142 e. The largest absolute Gasteiger partial charge is 0.495 e. The lowest BCUT2D eigenvalue weighted by atomic mass is 9.76. The molecule has 6 heteroatoms. The fourth-order valence-electron chi connectivity index (χ4n) is 6.26. The predicted molar refractivity (Wildman–Crippen MR) is 204 cm³/mol. The first kappa shape index (κ1) is 36.5. The fraction of sp³-hybridized carbons (Fsp3) is 0.381. The zero-order valence-corrected chi connectivity index (χ0v) is 28.7. The number of rotatable bonds is 13. The van der Waals surface area contributed by atoms with Gasteiger partial charge in [0.15, 0.2) is 0 Å². The molecule has 1 aromatic heterocycles. The summed E-state index contributed by atoms with van der Waals surface area (Å²) in [4.78, 5) is 17.8. The van der Waals surface area contributed by atoms with Crippen molar-refractivity contribution in [3.05, 3.63) is 109 Å². The molecule has 6 rings (SSSR count). The molecule has 1 saturated carbocycles. The Balaban J connectivity index is 0.000000405. The van der Waals surface area contributed by atoms with Gasteiger partial charge in [-0.1, -0.05) is 79.9 Å². The molecule has 256 valence electrons.